The van der Waals surface area contributed by atoms with Gasteiger partial charge in [-0.3, -0.25) is 0 Å². The number of fused-ring (bicyclic) bond motifs is 1. The molecule has 0 aromatic carbocycles. The highest BCUT2D eigenvalue weighted by molar-refractivity contribution is 8.02. The van der Waals surface area contributed by atoms with Gasteiger partial charge < -0.3 is 4.98 Å². The molecule has 0 unspecified atom stereocenters. The molecule has 0 bridgehead atoms. The second kappa shape index (κ2) is 3.17. The van der Waals surface area contributed by atoms with Crippen LogP contribution in [0.5, 0.6) is 0 Å². The summed E-state index contributed by atoms with van der Waals surface area (Å²) in [5, 5.41) is 3.44. The second-order valence-electron chi connectivity index (χ2n) is 3.40. The van der Waals surface area contributed by atoms with E-state index in [-0.39, 0.29) is 0 Å². The Balaban J connectivity index is 2.13. The molecule has 2 aromatic heterocycles. The van der Waals surface area contributed by atoms with E-state index in [0.29, 0.717) is 0 Å². The molecule has 0 saturated carbocycles. The average molecular weight is 202 g/mol. The molecular formula is C11H10N2S. The average Bonchev–Trinajstić information content (AvgIpc) is 2.88. The maximum absolute atomic E-state index is 4.38. The lowest BCUT2D eigenvalue weighted by Crippen LogP contribution is -1.84. The van der Waals surface area contributed by atoms with Crippen LogP contribution in [-0.4, -0.2) is 15.7 Å². The maximum Gasteiger partial charge on any atom is 0.137 e. The van der Waals surface area contributed by atoms with E-state index in [9.17, 15) is 0 Å². The van der Waals surface area contributed by atoms with Crippen molar-refractivity contribution in [1.29, 1.82) is 0 Å². The lowest BCUT2D eigenvalue weighted by molar-refractivity contribution is 1.26. The molecule has 3 rings (SSSR count). The van der Waals surface area contributed by atoms with Crippen LogP contribution in [0.15, 0.2) is 29.9 Å². The minimum atomic E-state index is 0.972. The van der Waals surface area contributed by atoms with E-state index in [4.69, 9.17) is 0 Å². The summed E-state index contributed by atoms with van der Waals surface area (Å²) in [6.07, 6.45) is 5.05. The van der Waals surface area contributed by atoms with E-state index in [1.54, 1.807) is 0 Å². The van der Waals surface area contributed by atoms with Crippen LogP contribution in [0.4, 0.5) is 0 Å². The molecule has 2 aromatic rings. The normalized spacial score (nSPS) is 16.1. The van der Waals surface area contributed by atoms with E-state index in [2.05, 4.69) is 27.5 Å². The van der Waals surface area contributed by atoms with Crippen LogP contribution in [0, 0.1) is 0 Å². The van der Waals surface area contributed by atoms with Gasteiger partial charge in [0.25, 0.3) is 0 Å². The molecule has 3 heteroatoms. The van der Waals surface area contributed by atoms with Crippen molar-refractivity contribution in [3.05, 3.63) is 35.5 Å². The summed E-state index contributed by atoms with van der Waals surface area (Å²) in [6.45, 7) is 0. The van der Waals surface area contributed by atoms with Gasteiger partial charge in [-0.25, -0.2) is 4.98 Å². The topological polar surface area (TPSA) is 28.7 Å². The van der Waals surface area contributed by atoms with Crippen LogP contribution >= 0.6 is 11.8 Å². The van der Waals surface area contributed by atoms with Gasteiger partial charge in [0, 0.05) is 23.5 Å². The van der Waals surface area contributed by atoms with Crippen molar-refractivity contribution in [1.82, 2.24) is 9.97 Å². The van der Waals surface area contributed by atoms with E-state index in [1.807, 2.05) is 24.2 Å². The first-order chi connectivity index (χ1) is 6.93. The van der Waals surface area contributed by atoms with Crippen molar-refractivity contribution in [2.45, 2.75) is 6.42 Å². The quantitative estimate of drug-likeness (QED) is 0.770. The molecular weight excluding hydrogens is 192 g/mol. The third-order valence-electron chi connectivity index (χ3n) is 2.49. The highest BCUT2D eigenvalue weighted by Crippen LogP contribution is 2.30. The van der Waals surface area contributed by atoms with Crippen LogP contribution in [0.25, 0.3) is 16.6 Å². The smallest absolute Gasteiger partial charge is 0.137 e. The lowest BCUT2D eigenvalue weighted by Gasteiger charge is -2.00. The molecule has 1 aliphatic heterocycles. The zero-order valence-electron chi connectivity index (χ0n) is 7.66. The molecule has 3 heterocycles. The van der Waals surface area contributed by atoms with Crippen molar-refractivity contribution in [2.75, 3.05) is 5.75 Å². The van der Waals surface area contributed by atoms with E-state index < -0.39 is 0 Å². The predicted octanol–water partition coefficient (Wildman–Crippen LogP) is 3.04. The summed E-state index contributed by atoms with van der Waals surface area (Å²) < 4.78 is 0. The molecule has 0 fully saturated rings. The first-order valence-electron chi connectivity index (χ1n) is 4.68. The lowest BCUT2D eigenvalue weighted by atomic mass is 10.1. The largest absolute Gasteiger partial charge is 0.346 e. The van der Waals surface area contributed by atoms with Crippen LogP contribution in [0.1, 0.15) is 12.0 Å². The van der Waals surface area contributed by atoms with E-state index in [0.717, 1.165) is 5.65 Å². The van der Waals surface area contributed by atoms with Crippen molar-refractivity contribution >= 4 is 28.4 Å². The van der Waals surface area contributed by atoms with Crippen LogP contribution < -0.4 is 0 Å². The molecule has 70 valence electrons. The number of hydrogen-bond donors (Lipinski definition) is 1. The minimum absolute atomic E-state index is 0.972. The van der Waals surface area contributed by atoms with E-state index in [1.165, 1.54) is 28.7 Å². The van der Waals surface area contributed by atoms with Gasteiger partial charge >= 0.3 is 0 Å². The number of allylic oxidation sites excluding steroid dienone is 1. The number of nitrogens with zero attached hydrogens (tertiary/aromatic N) is 1. The Bertz CT molecular complexity index is 499. The molecule has 1 aliphatic rings. The summed E-state index contributed by atoms with van der Waals surface area (Å²) in [4.78, 5) is 7.48. The predicted molar refractivity (Wildman–Crippen MR) is 61.1 cm³/mol. The zero-order chi connectivity index (χ0) is 9.38. The SMILES string of the molecule is C1=C(c2cnc3[nH]ccc3c2)CCS1. The first kappa shape index (κ1) is 8.12. The second-order valence-corrected chi connectivity index (χ2v) is 4.38. The van der Waals surface area contributed by atoms with Gasteiger partial charge in [-0.1, -0.05) is 0 Å². The fraction of sp³-hybridized carbons (Fsp3) is 0.182. The minimum Gasteiger partial charge on any atom is -0.346 e. The molecule has 2 nitrogen and oxygen atoms in total. The summed E-state index contributed by atoms with van der Waals surface area (Å²) in [6, 6.07) is 4.27. The monoisotopic (exact) mass is 202 g/mol. The molecule has 0 atom stereocenters. The number of hydrogen-bond acceptors (Lipinski definition) is 2. The summed E-state index contributed by atoms with van der Waals surface area (Å²) in [7, 11) is 0. The third-order valence-corrected chi connectivity index (χ3v) is 3.38. The van der Waals surface area contributed by atoms with Gasteiger partial charge in [-0.2, -0.15) is 0 Å². The number of H-pyrrole nitrogens is 1. The van der Waals surface area contributed by atoms with Gasteiger partial charge in [-0.05, 0) is 35.1 Å². The number of aromatic amines is 1. The Morgan fingerprint density at radius 1 is 1.43 bits per heavy atom. The number of aromatic nitrogens is 2. The van der Waals surface area contributed by atoms with Crippen molar-refractivity contribution in [3.63, 3.8) is 0 Å². The highest BCUT2D eigenvalue weighted by Gasteiger charge is 2.08. The van der Waals surface area contributed by atoms with Crippen molar-refractivity contribution in [2.24, 2.45) is 0 Å². The molecule has 0 aliphatic carbocycles. The van der Waals surface area contributed by atoms with Gasteiger partial charge in [0.2, 0.25) is 0 Å². The van der Waals surface area contributed by atoms with Gasteiger partial charge in [0.1, 0.15) is 5.65 Å². The fourth-order valence-corrected chi connectivity index (χ4v) is 2.63. The molecule has 0 saturated heterocycles. The number of nitrogens with one attached hydrogen (secondary N) is 1. The Hall–Kier alpha value is -1.22. The Labute approximate surface area is 86.4 Å². The summed E-state index contributed by atoms with van der Waals surface area (Å²) in [5.41, 5.74) is 3.66. The Morgan fingerprint density at radius 3 is 3.29 bits per heavy atom. The summed E-state index contributed by atoms with van der Waals surface area (Å²) in [5.74, 6) is 1.21. The highest BCUT2D eigenvalue weighted by atomic mass is 32.2. The first-order valence-corrected chi connectivity index (χ1v) is 5.72. The van der Waals surface area contributed by atoms with Gasteiger partial charge in [0.05, 0.1) is 0 Å². The standard InChI is InChI=1S/C11H10N2S/c1-3-12-11-8(1)5-10(6-13-11)9-2-4-14-7-9/h1,3,5-7H,2,4H2,(H,12,13). The summed E-state index contributed by atoms with van der Waals surface area (Å²) >= 11 is 1.89. The Morgan fingerprint density at radius 2 is 2.43 bits per heavy atom. The number of thioether (sulfide) groups is 1. The van der Waals surface area contributed by atoms with E-state index >= 15 is 0 Å². The molecule has 0 amide bonds. The maximum atomic E-state index is 4.38. The van der Waals surface area contributed by atoms with Crippen LogP contribution in [0.3, 0.4) is 0 Å². The fourth-order valence-electron chi connectivity index (χ4n) is 1.72. The molecule has 0 radical (unpaired) electrons. The zero-order valence-corrected chi connectivity index (χ0v) is 8.47. The number of pyridine rings is 1. The third kappa shape index (κ3) is 1.24. The Kier molecular flexibility index (Phi) is 1.84. The van der Waals surface area contributed by atoms with Gasteiger partial charge in [0.15, 0.2) is 0 Å². The van der Waals surface area contributed by atoms with Crippen molar-refractivity contribution < 1.29 is 0 Å². The van der Waals surface area contributed by atoms with Crippen molar-refractivity contribution in [3.8, 4) is 0 Å². The van der Waals surface area contributed by atoms with Crippen LogP contribution in [0.2, 0.25) is 0 Å². The molecule has 14 heavy (non-hydrogen) atoms. The number of rotatable bonds is 1. The van der Waals surface area contributed by atoms with Crippen LogP contribution in [-0.2, 0) is 0 Å². The molecule has 1 N–H and O–H groups in total. The molecule has 0 spiro atoms. The van der Waals surface area contributed by atoms with Gasteiger partial charge in [-0.15, -0.1) is 11.8 Å².